The number of hydrogen-bond donors (Lipinski definition) is 7. The van der Waals surface area contributed by atoms with Gasteiger partial charge < -0.3 is 59.6 Å². The SMILES string of the molecule is O=C1C(=C2C=CC(=[N+](CCOCCO)CCOCCO)C=C2O)C(=O)C(c2ccc(N(CCOCCO)CCOCCO)cc2O)C1O. The molecule has 0 saturated heterocycles. The highest BCUT2D eigenvalue weighted by molar-refractivity contribution is 6.31. The summed E-state index contributed by atoms with van der Waals surface area (Å²) in [6.07, 6.45) is 2.62. The Labute approximate surface area is 278 Å². The van der Waals surface area contributed by atoms with Gasteiger partial charge in [-0.1, -0.05) is 6.07 Å². The predicted octanol–water partition coefficient (Wildman–Crippen LogP) is -1.41. The molecule has 48 heavy (non-hydrogen) atoms. The monoisotopic (exact) mass is 679 g/mol. The molecule has 0 aromatic heterocycles. The Morgan fingerprint density at radius 1 is 0.708 bits per heavy atom. The van der Waals surface area contributed by atoms with E-state index in [0.29, 0.717) is 37.6 Å². The molecule has 2 aliphatic carbocycles. The van der Waals surface area contributed by atoms with Gasteiger partial charge in [0.1, 0.15) is 30.8 Å². The van der Waals surface area contributed by atoms with Crippen LogP contribution in [0.4, 0.5) is 5.69 Å². The van der Waals surface area contributed by atoms with Crippen molar-refractivity contribution in [3.8, 4) is 5.75 Å². The zero-order chi connectivity index (χ0) is 34.9. The predicted molar refractivity (Wildman–Crippen MR) is 173 cm³/mol. The lowest BCUT2D eigenvalue weighted by molar-refractivity contribution is -0.532. The molecular weight excluding hydrogens is 632 g/mol. The maximum absolute atomic E-state index is 13.7. The molecule has 0 heterocycles. The second-order valence-electron chi connectivity index (χ2n) is 10.8. The van der Waals surface area contributed by atoms with Crippen molar-refractivity contribution in [1.82, 2.24) is 0 Å². The summed E-state index contributed by atoms with van der Waals surface area (Å²) in [5.74, 6) is -3.72. The molecule has 2 aliphatic rings. The van der Waals surface area contributed by atoms with Crippen molar-refractivity contribution in [1.29, 1.82) is 0 Å². The molecule has 0 amide bonds. The first kappa shape index (κ1) is 38.9. The van der Waals surface area contributed by atoms with Gasteiger partial charge in [-0.3, -0.25) is 9.59 Å². The Morgan fingerprint density at radius 3 is 1.75 bits per heavy atom. The van der Waals surface area contributed by atoms with Gasteiger partial charge in [0, 0.05) is 42.1 Å². The minimum Gasteiger partial charge on any atom is -0.508 e. The van der Waals surface area contributed by atoms with E-state index in [4.69, 9.17) is 39.4 Å². The number of phenols is 1. The normalized spacial score (nSPS) is 19.4. The van der Waals surface area contributed by atoms with Crippen LogP contribution < -0.4 is 4.90 Å². The van der Waals surface area contributed by atoms with Crippen molar-refractivity contribution in [2.75, 3.05) is 110 Å². The van der Waals surface area contributed by atoms with Gasteiger partial charge in [0.2, 0.25) is 5.71 Å². The first-order chi connectivity index (χ1) is 23.3. The van der Waals surface area contributed by atoms with Gasteiger partial charge in [-0.05, 0) is 12.1 Å². The van der Waals surface area contributed by atoms with Gasteiger partial charge >= 0.3 is 0 Å². The molecule has 3 rings (SSSR count). The van der Waals surface area contributed by atoms with Crippen molar-refractivity contribution in [2.45, 2.75) is 12.0 Å². The van der Waals surface area contributed by atoms with Crippen molar-refractivity contribution in [3.63, 3.8) is 0 Å². The van der Waals surface area contributed by atoms with Crippen LogP contribution in [0.15, 0.2) is 53.3 Å². The quantitative estimate of drug-likeness (QED) is 0.0324. The lowest BCUT2D eigenvalue weighted by Gasteiger charge is -2.26. The highest BCUT2D eigenvalue weighted by Crippen LogP contribution is 2.41. The van der Waals surface area contributed by atoms with Gasteiger partial charge in [0.05, 0.1) is 83.6 Å². The zero-order valence-electron chi connectivity index (χ0n) is 26.9. The number of Topliss-reactive ketones (excluding diaryl/α,β-unsaturated/α-hetero) is 2. The fraction of sp³-hybridized carbons (Fsp3) is 0.545. The Morgan fingerprint density at radius 2 is 1.25 bits per heavy atom. The second-order valence-corrected chi connectivity index (χ2v) is 10.8. The Balaban J connectivity index is 1.86. The molecule has 2 unspecified atom stereocenters. The molecule has 15 heteroatoms. The smallest absolute Gasteiger partial charge is 0.203 e. The van der Waals surface area contributed by atoms with Crippen LogP contribution in [0.2, 0.25) is 0 Å². The topological polar surface area (TPSA) is 219 Å². The molecule has 1 fully saturated rings. The van der Waals surface area contributed by atoms with Crippen LogP contribution in [0.25, 0.3) is 0 Å². The van der Waals surface area contributed by atoms with Crippen LogP contribution in [0.5, 0.6) is 5.75 Å². The fourth-order valence-corrected chi connectivity index (χ4v) is 5.32. The number of aliphatic hydroxyl groups excluding tert-OH is 6. The highest BCUT2D eigenvalue weighted by atomic mass is 16.5. The second kappa shape index (κ2) is 20.8. The zero-order valence-corrected chi connectivity index (χ0v) is 26.9. The number of hydrogen-bond acceptors (Lipinski definition) is 14. The summed E-state index contributed by atoms with van der Waals surface area (Å²) in [5.41, 5.74) is 0.686. The number of nitrogens with zero attached hydrogens (tertiary/aromatic N) is 2. The third kappa shape index (κ3) is 10.7. The number of benzene rings is 1. The van der Waals surface area contributed by atoms with Crippen LogP contribution in [-0.4, -0.2) is 169 Å². The van der Waals surface area contributed by atoms with Crippen molar-refractivity contribution >= 4 is 23.0 Å². The highest BCUT2D eigenvalue weighted by Gasteiger charge is 2.48. The molecule has 0 radical (unpaired) electrons. The van der Waals surface area contributed by atoms with Crippen LogP contribution in [0, 0.1) is 0 Å². The van der Waals surface area contributed by atoms with Crippen LogP contribution in [0.1, 0.15) is 11.5 Å². The average Bonchev–Trinajstić information content (AvgIpc) is 3.29. The maximum Gasteiger partial charge on any atom is 0.203 e. The number of allylic oxidation sites excluding steroid dienone is 3. The lowest BCUT2D eigenvalue weighted by Crippen LogP contribution is -2.31. The van der Waals surface area contributed by atoms with E-state index in [0.717, 1.165) is 0 Å². The van der Waals surface area contributed by atoms with Crippen LogP contribution in [-0.2, 0) is 28.5 Å². The summed E-state index contributed by atoms with van der Waals surface area (Å²) in [6.45, 7) is 2.65. The molecule has 15 nitrogen and oxygen atoms in total. The number of ketones is 2. The third-order valence-electron chi connectivity index (χ3n) is 7.65. The molecule has 266 valence electrons. The lowest BCUT2D eigenvalue weighted by atomic mass is 9.92. The molecule has 2 atom stereocenters. The van der Waals surface area contributed by atoms with E-state index in [1.807, 2.05) is 9.48 Å². The number of rotatable bonds is 22. The first-order valence-electron chi connectivity index (χ1n) is 15.8. The molecule has 1 saturated carbocycles. The number of aromatic hydroxyl groups is 1. The average molecular weight is 680 g/mol. The van der Waals surface area contributed by atoms with E-state index in [-0.39, 0.29) is 108 Å². The Bertz CT molecular complexity index is 1310. The molecule has 1 aromatic rings. The molecule has 0 aliphatic heterocycles. The summed E-state index contributed by atoms with van der Waals surface area (Å²) < 4.78 is 23.3. The Hall–Kier alpha value is -3.51. The van der Waals surface area contributed by atoms with E-state index in [1.54, 1.807) is 12.1 Å². The minimum atomic E-state index is -1.79. The van der Waals surface area contributed by atoms with Crippen molar-refractivity contribution in [2.24, 2.45) is 0 Å². The first-order valence-corrected chi connectivity index (χ1v) is 15.8. The van der Waals surface area contributed by atoms with Gasteiger partial charge in [-0.15, -0.1) is 0 Å². The van der Waals surface area contributed by atoms with Gasteiger partial charge in [0.15, 0.2) is 24.7 Å². The van der Waals surface area contributed by atoms with E-state index < -0.39 is 23.6 Å². The van der Waals surface area contributed by atoms with Gasteiger partial charge in [0.25, 0.3) is 0 Å². The third-order valence-corrected chi connectivity index (χ3v) is 7.65. The fourth-order valence-electron chi connectivity index (χ4n) is 5.32. The number of phenolic OH excluding ortho intramolecular Hbond substituents is 1. The molecular formula is C33H47N2O13+. The van der Waals surface area contributed by atoms with E-state index in [9.17, 15) is 24.9 Å². The molecule has 7 N–H and O–H groups in total. The van der Waals surface area contributed by atoms with Gasteiger partial charge in [-0.2, -0.15) is 0 Å². The summed E-state index contributed by atoms with van der Waals surface area (Å²) in [4.78, 5) is 28.8. The van der Waals surface area contributed by atoms with Gasteiger partial charge in [-0.25, -0.2) is 4.58 Å². The largest absolute Gasteiger partial charge is 0.508 e. The number of ether oxygens (including phenoxy) is 4. The standard InChI is InChI=1S/C33H46N2O13/c36-9-17-45-13-5-34(6-14-46-18-10-37)23-1-3-25(27(40)21-23)29-31(42)30(33(44)32(29)43)26-4-2-24(22-28(26)41)35(7-15-47-19-11-38)8-16-48-20-12-39/h1-4,21-22,29,32,36-40,43H,5-20H2/p+1. The maximum atomic E-state index is 13.7. The molecule has 1 aromatic carbocycles. The molecule has 0 spiro atoms. The van der Waals surface area contributed by atoms with Crippen LogP contribution >= 0.6 is 0 Å². The number of carbonyl (C=O) groups is 2. The summed E-state index contributed by atoms with van der Waals surface area (Å²) >= 11 is 0. The number of carbonyl (C=O) groups excluding carboxylic acids is 2. The van der Waals surface area contributed by atoms with E-state index >= 15 is 0 Å². The van der Waals surface area contributed by atoms with Crippen molar-refractivity contribution < 1.29 is 68.9 Å². The summed E-state index contributed by atoms with van der Waals surface area (Å²) in [7, 11) is 0. The number of anilines is 1. The number of aliphatic hydroxyl groups is 6. The molecule has 0 bridgehead atoms. The minimum absolute atomic E-state index is 0.0423. The van der Waals surface area contributed by atoms with Crippen LogP contribution in [0.3, 0.4) is 0 Å². The van der Waals surface area contributed by atoms with E-state index in [1.165, 1.54) is 24.3 Å². The van der Waals surface area contributed by atoms with Crippen molar-refractivity contribution in [3.05, 3.63) is 58.9 Å². The van der Waals surface area contributed by atoms with E-state index in [2.05, 4.69) is 0 Å². The summed E-state index contributed by atoms with van der Waals surface area (Å²) in [6, 6.07) is 4.50. The summed E-state index contributed by atoms with van der Waals surface area (Å²) in [5, 5.41) is 68.9. The Kier molecular flexibility index (Phi) is 16.8.